The van der Waals surface area contributed by atoms with Gasteiger partial charge in [-0.05, 0) is 11.1 Å². The zero-order valence-corrected chi connectivity index (χ0v) is 8.14. The Morgan fingerprint density at radius 3 is 2.20 bits per heavy atom. The lowest BCUT2D eigenvalue weighted by Gasteiger charge is -2.13. The Kier molecular flexibility index (Phi) is 2.41. The molecule has 4 nitrogen and oxygen atoms in total. The van der Waals surface area contributed by atoms with Crippen molar-refractivity contribution in [2.75, 3.05) is 0 Å². The predicted molar refractivity (Wildman–Crippen MR) is 52.9 cm³/mol. The number of amides is 1. The number of aliphatic carboxylic acids is 1. The minimum atomic E-state index is -1.07. The zero-order chi connectivity index (χ0) is 10.8. The van der Waals surface area contributed by atoms with Gasteiger partial charge in [0.1, 0.15) is 6.42 Å². The lowest BCUT2D eigenvalue weighted by Crippen LogP contribution is -2.27. The van der Waals surface area contributed by atoms with E-state index in [1.54, 1.807) is 4.90 Å². The van der Waals surface area contributed by atoms with Crippen LogP contribution in [0, 0.1) is 0 Å². The molecule has 1 aliphatic heterocycles. The highest BCUT2D eigenvalue weighted by atomic mass is 16.4. The molecular formula is C11H11NO3. The Bertz CT molecular complexity index is 389. The van der Waals surface area contributed by atoms with Gasteiger partial charge in [0.05, 0.1) is 0 Å². The molecule has 0 spiro atoms. The van der Waals surface area contributed by atoms with Crippen molar-refractivity contribution < 1.29 is 14.7 Å². The minimum Gasteiger partial charge on any atom is -0.481 e. The van der Waals surface area contributed by atoms with Crippen LogP contribution in [-0.4, -0.2) is 21.9 Å². The zero-order valence-electron chi connectivity index (χ0n) is 8.14. The average Bonchev–Trinajstić information content (AvgIpc) is 2.59. The van der Waals surface area contributed by atoms with Gasteiger partial charge in [0.2, 0.25) is 5.91 Å². The largest absolute Gasteiger partial charge is 0.481 e. The van der Waals surface area contributed by atoms with Crippen LogP contribution in [0.2, 0.25) is 0 Å². The van der Waals surface area contributed by atoms with Crippen LogP contribution in [0.1, 0.15) is 17.5 Å². The van der Waals surface area contributed by atoms with Crippen LogP contribution in [0.4, 0.5) is 0 Å². The molecule has 1 aromatic rings. The van der Waals surface area contributed by atoms with Gasteiger partial charge in [-0.25, -0.2) is 0 Å². The Morgan fingerprint density at radius 1 is 1.20 bits per heavy atom. The number of carboxylic acid groups (broad SMARTS) is 1. The number of fused-ring (bicyclic) bond motifs is 1. The third kappa shape index (κ3) is 1.98. The van der Waals surface area contributed by atoms with Crippen LogP contribution >= 0.6 is 0 Å². The number of nitrogens with zero attached hydrogens (tertiary/aromatic N) is 1. The van der Waals surface area contributed by atoms with E-state index in [2.05, 4.69) is 0 Å². The number of carbonyl (C=O) groups excluding carboxylic acids is 1. The second kappa shape index (κ2) is 3.73. The van der Waals surface area contributed by atoms with Crippen LogP contribution in [0.5, 0.6) is 0 Å². The lowest BCUT2D eigenvalue weighted by molar-refractivity contribution is -0.144. The number of hydrogen-bond donors (Lipinski definition) is 1. The maximum Gasteiger partial charge on any atom is 0.312 e. The number of rotatable bonds is 2. The molecule has 1 amide bonds. The number of carboxylic acids is 1. The van der Waals surface area contributed by atoms with Crippen molar-refractivity contribution in [3.05, 3.63) is 35.4 Å². The summed E-state index contributed by atoms with van der Waals surface area (Å²) in [6, 6.07) is 7.76. The van der Waals surface area contributed by atoms with Gasteiger partial charge in [-0.1, -0.05) is 24.3 Å². The first-order valence-electron chi connectivity index (χ1n) is 4.73. The highest BCUT2D eigenvalue weighted by molar-refractivity contribution is 5.93. The molecule has 15 heavy (non-hydrogen) atoms. The smallest absolute Gasteiger partial charge is 0.312 e. The highest BCUT2D eigenvalue weighted by Crippen LogP contribution is 2.22. The number of carbonyl (C=O) groups is 2. The minimum absolute atomic E-state index is 0.321. The quantitative estimate of drug-likeness (QED) is 0.733. The fourth-order valence-corrected chi connectivity index (χ4v) is 1.75. The maximum absolute atomic E-state index is 11.5. The third-order valence-electron chi connectivity index (χ3n) is 2.50. The average molecular weight is 205 g/mol. The Labute approximate surface area is 87.1 Å². The van der Waals surface area contributed by atoms with Gasteiger partial charge >= 0.3 is 5.97 Å². The topological polar surface area (TPSA) is 57.6 Å². The van der Waals surface area contributed by atoms with Crippen molar-refractivity contribution in [1.82, 2.24) is 4.90 Å². The van der Waals surface area contributed by atoms with Crippen LogP contribution in [0.3, 0.4) is 0 Å². The second-order valence-corrected chi connectivity index (χ2v) is 3.59. The van der Waals surface area contributed by atoms with Gasteiger partial charge in [0, 0.05) is 13.1 Å². The van der Waals surface area contributed by atoms with E-state index in [1.165, 1.54) is 0 Å². The van der Waals surface area contributed by atoms with Crippen molar-refractivity contribution >= 4 is 11.9 Å². The Morgan fingerprint density at radius 2 is 1.73 bits per heavy atom. The molecule has 0 radical (unpaired) electrons. The van der Waals surface area contributed by atoms with Gasteiger partial charge in [0.25, 0.3) is 0 Å². The summed E-state index contributed by atoms with van der Waals surface area (Å²) in [6.45, 7) is 1.06. The summed E-state index contributed by atoms with van der Waals surface area (Å²) >= 11 is 0. The predicted octanol–water partition coefficient (Wildman–Crippen LogP) is 1.00. The normalized spacial score (nSPS) is 13.7. The van der Waals surface area contributed by atoms with Crippen molar-refractivity contribution in [2.45, 2.75) is 19.5 Å². The number of benzene rings is 1. The molecule has 0 atom stereocenters. The molecule has 1 N–H and O–H groups in total. The molecule has 1 heterocycles. The molecule has 0 aromatic heterocycles. The summed E-state index contributed by atoms with van der Waals surface area (Å²) in [5.74, 6) is -1.39. The van der Waals surface area contributed by atoms with E-state index in [0.717, 1.165) is 11.1 Å². The molecule has 1 aromatic carbocycles. The van der Waals surface area contributed by atoms with Crippen molar-refractivity contribution in [2.24, 2.45) is 0 Å². The first-order valence-corrected chi connectivity index (χ1v) is 4.73. The van der Waals surface area contributed by atoms with Crippen molar-refractivity contribution in [3.8, 4) is 0 Å². The first-order chi connectivity index (χ1) is 7.16. The fraction of sp³-hybridized carbons (Fsp3) is 0.273. The third-order valence-corrected chi connectivity index (χ3v) is 2.50. The van der Waals surface area contributed by atoms with Crippen molar-refractivity contribution in [1.29, 1.82) is 0 Å². The first kappa shape index (κ1) is 9.71. The van der Waals surface area contributed by atoms with E-state index in [0.29, 0.717) is 13.1 Å². The molecule has 2 rings (SSSR count). The fourth-order valence-electron chi connectivity index (χ4n) is 1.75. The summed E-state index contributed by atoms with van der Waals surface area (Å²) in [4.78, 5) is 23.4. The molecule has 0 aliphatic carbocycles. The molecule has 0 fully saturated rings. The molecule has 4 heteroatoms. The Hall–Kier alpha value is -1.84. The van der Waals surface area contributed by atoms with E-state index < -0.39 is 12.4 Å². The van der Waals surface area contributed by atoms with Gasteiger partial charge < -0.3 is 10.0 Å². The van der Waals surface area contributed by atoms with Gasteiger partial charge in [0.15, 0.2) is 0 Å². The monoisotopic (exact) mass is 205 g/mol. The summed E-state index contributed by atoms with van der Waals surface area (Å²) in [5.41, 5.74) is 2.22. The standard InChI is InChI=1S/C11H11NO3/c13-10(5-11(14)15)12-6-8-3-1-2-4-9(8)7-12/h1-4H,5-7H2,(H,14,15). The lowest BCUT2D eigenvalue weighted by atomic mass is 10.1. The van der Waals surface area contributed by atoms with Crippen LogP contribution < -0.4 is 0 Å². The molecule has 0 unspecified atom stereocenters. The van der Waals surface area contributed by atoms with E-state index in [9.17, 15) is 9.59 Å². The molecule has 0 bridgehead atoms. The SMILES string of the molecule is O=C(O)CC(=O)N1Cc2ccccc2C1. The van der Waals surface area contributed by atoms with Crippen LogP contribution in [0.25, 0.3) is 0 Å². The molecular weight excluding hydrogens is 194 g/mol. The molecule has 0 saturated heterocycles. The summed E-state index contributed by atoms with van der Waals surface area (Å²) in [5, 5.41) is 8.51. The summed E-state index contributed by atoms with van der Waals surface area (Å²) in [6.07, 6.45) is -0.423. The molecule has 0 saturated carbocycles. The maximum atomic E-state index is 11.5. The van der Waals surface area contributed by atoms with E-state index in [1.807, 2.05) is 24.3 Å². The van der Waals surface area contributed by atoms with Gasteiger partial charge in [-0.3, -0.25) is 9.59 Å². The molecule has 78 valence electrons. The van der Waals surface area contributed by atoms with E-state index >= 15 is 0 Å². The highest BCUT2D eigenvalue weighted by Gasteiger charge is 2.23. The van der Waals surface area contributed by atoms with Crippen LogP contribution in [0.15, 0.2) is 24.3 Å². The number of hydrogen-bond acceptors (Lipinski definition) is 2. The second-order valence-electron chi connectivity index (χ2n) is 3.59. The van der Waals surface area contributed by atoms with Crippen molar-refractivity contribution in [3.63, 3.8) is 0 Å². The van der Waals surface area contributed by atoms with E-state index in [4.69, 9.17) is 5.11 Å². The summed E-state index contributed by atoms with van der Waals surface area (Å²) in [7, 11) is 0. The van der Waals surface area contributed by atoms with Crippen LogP contribution in [-0.2, 0) is 22.7 Å². The molecule has 1 aliphatic rings. The summed E-state index contributed by atoms with van der Waals surface area (Å²) < 4.78 is 0. The van der Waals surface area contributed by atoms with Gasteiger partial charge in [-0.15, -0.1) is 0 Å². The van der Waals surface area contributed by atoms with E-state index in [-0.39, 0.29) is 5.91 Å². The van der Waals surface area contributed by atoms with Gasteiger partial charge in [-0.2, -0.15) is 0 Å². The Balaban J connectivity index is 2.07.